The zero-order chi connectivity index (χ0) is 22.5. The largest absolute Gasteiger partial charge is 0.440 e. The maximum Gasteiger partial charge on any atom is 0.307 e. The number of halogens is 2. The Balaban J connectivity index is 1.45. The Labute approximate surface area is 188 Å². The zero-order valence-corrected chi connectivity index (χ0v) is 17.7. The summed E-state index contributed by atoms with van der Waals surface area (Å²) in [5.74, 6) is -1.02. The molecule has 0 saturated carbocycles. The van der Waals surface area contributed by atoms with Crippen LogP contribution in [0.15, 0.2) is 41.1 Å². The van der Waals surface area contributed by atoms with E-state index in [9.17, 15) is 14.3 Å². The van der Waals surface area contributed by atoms with Crippen molar-refractivity contribution in [3.63, 3.8) is 0 Å². The first kappa shape index (κ1) is 22.1. The molecule has 11 heteroatoms. The van der Waals surface area contributed by atoms with Crippen LogP contribution < -0.4 is 10.6 Å². The standard InChI is InChI=1S/C21H21ClFN5O4/c22-13-7-12(8-14(23)9-13)17(10-29)26-19(30)20-27-18(11-32-20)16-1-4-24-21(28-16)25-15-2-5-31-6-3-15/h1,4,7-9,11,15,17,29H,2-3,5-6,10H2,(H,26,30)(H,24,25,28)/t17-/m1/s1. The molecular weight excluding hydrogens is 441 g/mol. The average Bonchev–Trinajstić information content (AvgIpc) is 3.28. The molecule has 3 heterocycles. The van der Waals surface area contributed by atoms with Gasteiger partial charge in [0, 0.05) is 30.5 Å². The second kappa shape index (κ2) is 10.0. The third-order valence-corrected chi connectivity index (χ3v) is 5.16. The minimum atomic E-state index is -0.889. The molecule has 4 rings (SSSR count). The van der Waals surface area contributed by atoms with E-state index in [-0.39, 0.29) is 17.0 Å². The van der Waals surface area contributed by atoms with E-state index in [1.54, 1.807) is 12.3 Å². The second-order valence-corrected chi connectivity index (χ2v) is 7.68. The Morgan fingerprint density at radius 3 is 2.81 bits per heavy atom. The molecule has 0 bridgehead atoms. The molecule has 1 aliphatic rings. The van der Waals surface area contributed by atoms with E-state index in [1.807, 2.05) is 0 Å². The average molecular weight is 462 g/mol. The Morgan fingerprint density at radius 2 is 2.06 bits per heavy atom. The van der Waals surface area contributed by atoms with Crippen LogP contribution in [-0.2, 0) is 4.74 Å². The van der Waals surface area contributed by atoms with Crippen molar-refractivity contribution in [2.24, 2.45) is 0 Å². The molecule has 32 heavy (non-hydrogen) atoms. The molecule has 3 aromatic rings. The van der Waals surface area contributed by atoms with Gasteiger partial charge in [-0.15, -0.1) is 0 Å². The van der Waals surface area contributed by atoms with Gasteiger partial charge in [0.15, 0.2) is 0 Å². The number of ether oxygens (including phenoxy) is 1. The minimum Gasteiger partial charge on any atom is -0.440 e. The van der Waals surface area contributed by atoms with Crippen molar-refractivity contribution >= 4 is 23.5 Å². The summed E-state index contributed by atoms with van der Waals surface area (Å²) in [6.07, 6.45) is 4.63. The summed E-state index contributed by atoms with van der Waals surface area (Å²) in [5, 5.41) is 15.6. The summed E-state index contributed by atoms with van der Waals surface area (Å²) < 4.78 is 24.3. The highest BCUT2D eigenvalue weighted by molar-refractivity contribution is 6.30. The number of benzene rings is 1. The first-order chi connectivity index (χ1) is 15.5. The number of aliphatic hydroxyl groups is 1. The van der Waals surface area contributed by atoms with Crippen LogP contribution in [0.3, 0.4) is 0 Å². The van der Waals surface area contributed by atoms with Gasteiger partial charge in [0.1, 0.15) is 17.8 Å². The van der Waals surface area contributed by atoms with Crippen LogP contribution in [0.5, 0.6) is 0 Å². The Morgan fingerprint density at radius 1 is 1.25 bits per heavy atom. The summed E-state index contributed by atoms with van der Waals surface area (Å²) in [5.41, 5.74) is 1.15. The van der Waals surface area contributed by atoms with Gasteiger partial charge in [-0.3, -0.25) is 4.79 Å². The van der Waals surface area contributed by atoms with Crippen LogP contribution >= 0.6 is 11.6 Å². The van der Waals surface area contributed by atoms with Crippen molar-refractivity contribution in [2.75, 3.05) is 25.1 Å². The summed E-state index contributed by atoms with van der Waals surface area (Å²) in [6.45, 7) is 0.914. The fourth-order valence-corrected chi connectivity index (χ4v) is 3.55. The van der Waals surface area contributed by atoms with Crippen LogP contribution in [0.2, 0.25) is 5.02 Å². The highest BCUT2D eigenvalue weighted by Gasteiger charge is 2.21. The third-order valence-electron chi connectivity index (χ3n) is 4.95. The lowest BCUT2D eigenvalue weighted by molar-refractivity contribution is 0.0880. The van der Waals surface area contributed by atoms with Crippen molar-refractivity contribution in [1.82, 2.24) is 20.3 Å². The summed E-state index contributed by atoms with van der Waals surface area (Å²) >= 11 is 5.86. The van der Waals surface area contributed by atoms with Crippen molar-refractivity contribution in [3.05, 3.63) is 59.0 Å². The van der Waals surface area contributed by atoms with Gasteiger partial charge >= 0.3 is 5.91 Å². The molecule has 0 radical (unpaired) electrons. The smallest absolute Gasteiger partial charge is 0.307 e. The van der Waals surface area contributed by atoms with E-state index in [1.165, 1.54) is 18.4 Å². The zero-order valence-electron chi connectivity index (χ0n) is 16.9. The van der Waals surface area contributed by atoms with Gasteiger partial charge in [-0.2, -0.15) is 0 Å². The molecule has 1 atom stereocenters. The van der Waals surface area contributed by atoms with Crippen molar-refractivity contribution in [1.29, 1.82) is 0 Å². The highest BCUT2D eigenvalue weighted by Crippen LogP contribution is 2.22. The fourth-order valence-electron chi connectivity index (χ4n) is 3.32. The van der Waals surface area contributed by atoms with Gasteiger partial charge in [-0.05, 0) is 42.7 Å². The number of aliphatic hydroxyl groups excluding tert-OH is 1. The highest BCUT2D eigenvalue weighted by atomic mass is 35.5. The molecule has 2 aromatic heterocycles. The van der Waals surface area contributed by atoms with Gasteiger partial charge in [-0.25, -0.2) is 19.3 Å². The van der Waals surface area contributed by atoms with E-state index in [0.29, 0.717) is 36.1 Å². The molecule has 168 valence electrons. The number of aromatic nitrogens is 3. The molecule has 9 nitrogen and oxygen atoms in total. The number of nitrogens with zero attached hydrogens (tertiary/aromatic N) is 3. The minimum absolute atomic E-state index is 0.153. The monoisotopic (exact) mass is 461 g/mol. The van der Waals surface area contributed by atoms with Crippen LogP contribution in [0.25, 0.3) is 11.4 Å². The molecule has 1 aliphatic heterocycles. The van der Waals surface area contributed by atoms with Crippen LogP contribution in [0.4, 0.5) is 10.3 Å². The first-order valence-electron chi connectivity index (χ1n) is 10.0. The lowest BCUT2D eigenvalue weighted by atomic mass is 10.1. The molecular formula is C21H21ClFN5O4. The maximum atomic E-state index is 13.6. The van der Waals surface area contributed by atoms with Gasteiger partial charge in [0.25, 0.3) is 5.89 Å². The number of carbonyl (C=O) groups is 1. The number of amides is 1. The van der Waals surface area contributed by atoms with E-state index < -0.39 is 24.4 Å². The first-order valence-corrected chi connectivity index (χ1v) is 10.4. The molecule has 0 unspecified atom stereocenters. The van der Waals surface area contributed by atoms with Crippen molar-refractivity contribution in [3.8, 4) is 11.4 Å². The summed E-state index contributed by atoms with van der Waals surface area (Å²) in [6, 6.07) is 4.77. The lowest BCUT2D eigenvalue weighted by Crippen LogP contribution is -2.31. The van der Waals surface area contributed by atoms with Gasteiger partial charge in [0.05, 0.1) is 18.3 Å². The Kier molecular flexibility index (Phi) is 6.93. The molecule has 0 spiro atoms. The molecule has 1 fully saturated rings. The third kappa shape index (κ3) is 5.39. The number of hydrogen-bond donors (Lipinski definition) is 3. The van der Waals surface area contributed by atoms with E-state index in [2.05, 4.69) is 25.6 Å². The number of anilines is 1. The topological polar surface area (TPSA) is 122 Å². The molecule has 1 saturated heterocycles. The predicted molar refractivity (Wildman–Crippen MR) is 114 cm³/mol. The number of oxazole rings is 1. The van der Waals surface area contributed by atoms with Crippen LogP contribution in [0, 0.1) is 5.82 Å². The Bertz CT molecular complexity index is 1070. The van der Waals surface area contributed by atoms with Crippen LogP contribution in [-0.4, -0.2) is 51.8 Å². The van der Waals surface area contributed by atoms with Crippen LogP contribution in [0.1, 0.15) is 35.1 Å². The maximum absolute atomic E-state index is 13.6. The fraction of sp³-hybridized carbons (Fsp3) is 0.333. The Hall–Kier alpha value is -3.08. The number of hydrogen-bond acceptors (Lipinski definition) is 8. The quantitative estimate of drug-likeness (QED) is 0.491. The van der Waals surface area contributed by atoms with Gasteiger partial charge < -0.3 is 24.9 Å². The lowest BCUT2D eigenvalue weighted by Gasteiger charge is -2.23. The molecule has 1 aromatic carbocycles. The van der Waals surface area contributed by atoms with Gasteiger partial charge in [-0.1, -0.05) is 11.6 Å². The van der Waals surface area contributed by atoms with E-state index in [0.717, 1.165) is 18.9 Å². The summed E-state index contributed by atoms with van der Waals surface area (Å²) in [7, 11) is 0. The predicted octanol–water partition coefficient (Wildman–Crippen LogP) is 2.98. The van der Waals surface area contributed by atoms with Crippen molar-refractivity contribution in [2.45, 2.75) is 24.9 Å². The molecule has 3 N–H and O–H groups in total. The van der Waals surface area contributed by atoms with Crippen molar-refractivity contribution < 1.29 is 23.4 Å². The van der Waals surface area contributed by atoms with E-state index in [4.69, 9.17) is 20.8 Å². The SMILES string of the molecule is O=C(N[C@H](CO)c1cc(F)cc(Cl)c1)c1nc(-c2ccnc(NC3CCOCC3)n2)co1. The number of nitrogens with one attached hydrogen (secondary N) is 2. The van der Waals surface area contributed by atoms with E-state index >= 15 is 0 Å². The summed E-state index contributed by atoms with van der Waals surface area (Å²) in [4.78, 5) is 25.4. The number of carbonyl (C=O) groups excluding carboxylic acids is 1. The molecule has 1 amide bonds. The number of rotatable bonds is 7. The molecule has 0 aliphatic carbocycles. The van der Waals surface area contributed by atoms with Gasteiger partial charge in [0.2, 0.25) is 5.95 Å². The second-order valence-electron chi connectivity index (χ2n) is 7.25. The normalized spacial score (nSPS) is 15.3.